The number of hydrogen-bond acceptors (Lipinski definition) is 2. The summed E-state index contributed by atoms with van der Waals surface area (Å²) in [7, 11) is 0. The Bertz CT molecular complexity index is 286. The van der Waals surface area contributed by atoms with Crippen LogP contribution in [0.3, 0.4) is 0 Å². The second-order valence-corrected chi connectivity index (χ2v) is 3.09. The maximum absolute atomic E-state index is 9.53. The molecule has 3 heteroatoms. The fourth-order valence-corrected chi connectivity index (χ4v) is 1.33. The highest BCUT2D eigenvalue weighted by Gasteiger charge is 2.04. The van der Waals surface area contributed by atoms with E-state index in [0.29, 0.717) is 10.7 Å². The highest BCUT2D eigenvalue weighted by molar-refractivity contribution is 6.31. The van der Waals surface area contributed by atoms with Crippen LogP contribution in [0.15, 0.2) is 12.1 Å². The zero-order valence-corrected chi connectivity index (χ0v) is 7.94. The molecule has 0 atom stereocenters. The number of rotatable bonds is 2. The maximum Gasteiger partial charge on any atom is 0.141 e. The summed E-state index contributed by atoms with van der Waals surface area (Å²) in [5.74, 6) is 0.279. The lowest BCUT2D eigenvalue weighted by molar-refractivity contribution is 0.473. The fraction of sp³-hybridized carbons (Fsp3) is 0.333. The van der Waals surface area contributed by atoms with Gasteiger partial charge in [0.25, 0.3) is 0 Å². The SMILES string of the molecule is CCNc1cc(Cl)cc(C)c1O. The quantitative estimate of drug-likeness (QED) is 0.695. The first kappa shape index (κ1) is 9.20. The monoisotopic (exact) mass is 185 g/mol. The Morgan fingerprint density at radius 3 is 2.75 bits per heavy atom. The molecule has 0 radical (unpaired) electrons. The predicted molar refractivity (Wildman–Crippen MR) is 52.0 cm³/mol. The van der Waals surface area contributed by atoms with Gasteiger partial charge in [-0.05, 0) is 31.5 Å². The van der Waals surface area contributed by atoms with Crippen molar-refractivity contribution >= 4 is 17.3 Å². The largest absolute Gasteiger partial charge is 0.506 e. The minimum absolute atomic E-state index is 0.279. The van der Waals surface area contributed by atoms with Crippen LogP contribution in [-0.2, 0) is 0 Å². The number of hydrogen-bond donors (Lipinski definition) is 2. The van der Waals surface area contributed by atoms with E-state index >= 15 is 0 Å². The van der Waals surface area contributed by atoms with Crippen LogP contribution in [0.5, 0.6) is 5.75 Å². The highest BCUT2D eigenvalue weighted by Crippen LogP contribution is 2.30. The second-order valence-electron chi connectivity index (χ2n) is 2.65. The summed E-state index contributed by atoms with van der Waals surface area (Å²) in [6, 6.07) is 3.45. The smallest absolute Gasteiger partial charge is 0.141 e. The van der Waals surface area contributed by atoms with Gasteiger partial charge in [-0.1, -0.05) is 11.6 Å². The minimum Gasteiger partial charge on any atom is -0.506 e. The molecule has 0 spiro atoms. The number of aromatic hydroxyl groups is 1. The van der Waals surface area contributed by atoms with Crippen LogP contribution in [0.25, 0.3) is 0 Å². The Morgan fingerprint density at radius 2 is 2.17 bits per heavy atom. The molecule has 1 aromatic carbocycles. The molecule has 0 aromatic heterocycles. The van der Waals surface area contributed by atoms with Crippen LogP contribution in [0.4, 0.5) is 5.69 Å². The molecule has 1 aromatic rings. The molecule has 0 aliphatic rings. The van der Waals surface area contributed by atoms with Gasteiger partial charge in [-0.25, -0.2) is 0 Å². The van der Waals surface area contributed by atoms with Gasteiger partial charge in [0.15, 0.2) is 0 Å². The standard InChI is InChI=1S/C9H12ClNO/c1-3-11-8-5-7(10)4-6(2)9(8)12/h4-5,11-12H,3H2,1-2H3. The number of phenolic OH excluding ortho intramolecular Hbond substituents is 1. The number of benzene rings is 1. The van der Waals surface area contributed by atoms with Crippen LogP contribution >= 0.6 is 11.6 Å². The number of halogens is 1. The maximum atomic E-state index is 9.53. The number of phenols is 1. The first-order chi connectivity index (χ1) is 5.65. The van der Waals surface area contributed by atoms with Crippen molar-refractivity contribution in [3.05, 3.63) is 22.7 Å². The molecule has 2 nitrogen and oxygen atoms in total. The molecule has 0 aliphatic heterocycles. The lowest BCUT2D eigenvalue weighted by Crippen LogP contribution is -1.97. The minimum atomic E-state index is 0.279. The van der Waals surface area contributed by atoms with Crippen molar-refractivity contribution in [2.24, 2.45) is 0 Å². The van der Waals surface area contributed by atoms with E-state index in [2.05, 4.69) is 5.32 Å². The summed E-state index contributed by atoms with van der Waals surface area (Å²) in [6.45, 7) is 4.56. The van der Waals surface area contributed by atoms with Gasteiger partial charge < -0.3 is 10.4 Å². The van der Waals surface area contributed by atoms with Gasteiger partial charge in [-0.2, -0.15) is 0 Å². The van der Waals surface area contributed by atoms with Gasteiger partial charge in [-0.3, -0.25) is 0 Å². The molecule has 0 unspecified atom stereocenters. The molecule has 66 valence electrons. The summed E-state index contributed by atoms with van der Waals surface area (Å²) in [4.78, 5) is 0. The van der Waals surface area contributed by atoms with Crippen molar-refractivity contribution in [3.63, 3.8) is 0 Å². The Balaban J connectivity index is 3.09. The van der Waals surface area contributed by atoms with E-state index in [1.165, 1.54) is 0 Å². The van der Waals surface area contributed by atoms with Crippen molar-refractivity contribution in [1.29, 1.82) is 0 Å². The third-order valence-corrected chi connectivity index (χ3v) is 1.85. The van der Waals surface area contributed by atoms with Crippen molar-refractivity contribution < 1.29 is 5.11 Å². The number of anilines is 1. The van der Waals surface area contributed by atoms with Crippen LogP contribution in [0.2, 0.25) is 5.02 Å². The molecule has 0 saturated heterocycles. The van der Waals surface area contributed by atoms with Crippen molar-refractivity contribution in [2.45, 2.75) is 13.8 Å². The zero-order chi connectivity index (χ0) is 9.14. The summed E-state index contributed by atoms with van der Waals surface area (Å²) >= 11 is 5.81. The van der Waals surface area contributed by atoms with Crippen LogP contribution < -0.4 is 5.32 Å². The molecule has 0 aliphatic carbocycles. The molecule has 0 heterocycles. The average molecular weight is 186 g/mol. The average Bonchev–Trinajstić information content (AvgIpc) is 2.00. The normalized spacial score (nSPS) is 9.92. The highest BCUT2D eigenvalue weighted by atomic mass is 35.5. The Kier molecular flexibility index (Phi) is 2.82. The zero-order valence-electron chi connectivity index (χ0n) is 7.19. The lowest BCUT2D eigenvalue weighted by Gasteiger charge is -2.08. The van der Waals surface area contributed by atoms with Crippen LogP contribution in [0.1, 0.15) is 12.5 Å². The van der Waals surface area contributed by atoms with E-state index in [4.69, 9.17) is 11.6 Å². The molecular weight excluding hydrogens is 174 g/mol. The van der Waals surface area contributed by atoms with E-state index in [1.54, 1.807) is 12.1 Å². The van der Waals surface area contributed by atoms with Crippen LogP contribution in [0, 0.1) is 6.92 Å². The molecular formula is C9H12ClNO. The van der Waals surface area contributed by atoms with Gasteiger partial charge in [0.2, 0.25) is 0 Å². The van der Waals surface area contributed by atoms with E-state index in [-0.39, 0.29) is 5.75 Å². The topological polar surface area (TPSA) is 32.3 Å². The van der Waals surface area contributed by atoms with E-state index < -0.39 is 0 Å². The summed E-state index contributed by atoms with van der Waals surface area (Å²) in [5.41, 5.74) is 1.49. The van der Waals surface area contributed by atoms with Crippen molar-refractivity contribution in [2.75, 3.05) is 11.9 Å². The summed E-state index contributed by atoms with van der Waals surface area (Å²) in [5, 5.41) is 13.2. The van der Waals surface area contributed by atoms with Gasteiger partial charge >= 0.3 is 0 Å². The molecule has 0 bridgehead atoms. The number of aryl methyl sites for hydroxylation is 1. The van der Waals surface area contributed by atoms with E-state index in [0.717, 1.165) is 12.1 Å². The van der Waals surface area contributed by atoms with Crippen molar-refractivity contribution in [3.8, 4) is 5.75 Å². The molecule has 2 N–H and O–H groups in total. The number of nitrogens with one attached hydrogen (secondary N) is 1. The molecule has 0 saturated carbocycles. The van der Waals surface area contributed by atoms with E-state index in [9.17, 15) is 5.11 Å². The van der Waals surface area contributed by atoms with Gasteiger partial charge in [-0.15, -0.1) is 0 Å². The fourth-order valence-electron chi connectivity index (χ4n) is 1.06. The Hall–Kier alpha value is -0.890. The first-order valence-corrected chi connectivity index (χ1v) is 4.26. The molecule has 0 fully saturated rings. The Labute approximate surface area is 77.2 Å². The second kappa shape index (κ2) is 3.68. The van der Waals surface area contributed by atoms with Gasteiger partial charge in [0, 0.05) is 11.6 Å². The lowest BCUT2D eigenvalue weighted by atomic mass is 10.2. The third kappa shape index (κ3) is 1.83. The predicted octanol–water partition coefficient (Wildman–Crippen LogP) is 2.79. The Morgan fingerprint density at radius 1 is 1.50 bits per heavy atom. The summed E-state index contributed by atoms with van der Waals surface area (Å²) in [6.07, 6.45) is 0. The summed E-state index contributed by atoms with van der Waals surface area (Å²) < 4.78 is 0. The molecule has 1 rings (SSSR count). The van der Waals surface area contributed by atoms with E-state index in [1.807, 2.05) is 13.8 Å². The van der Waals surface area contributed by atoms with Crippen molar-refractivity contribution in [1.82, 2.24) is 0 Å². The third-order valence-electron chi connectivity index (χ3n) is 1.63. The molecule has 12 heavy (non-hydrogen) atoms. The van der Waals surface area contributed by atoms with Gasteiger partial charge in [0.1, 0.15) is 5.75 Å². The van der Waals surface area contributed by atoms with Gasteiger partial charge in [0.05, 0.1) is 5.69 Å². The molecule has 0 amide bonds. The first-order valence-electron chi connectivity index (χ1n) is 3.88. The van der Waals surface area contributed by atoms with Crippen LogP contribution in [-0.4, -0.2) is 11.7 Å².